The van der Waals surface area contributed by atoms with Crippen molar-refractivity contribution in [2.75, 3.05) is 27.3 Å². The average Bonchev–Trinajstić information content (AvgIpc) is 2.60. The van der Waals surface area contributed by atoms with Crippen LogP contribution in [0.1, 0.15) is 90.9 Å². The van der Waals surface area contributed by atoms with Crippen molar-refractivity contribution in [3.63, 3.8) is 0 Å². The maximum absolute atomic E-state index is 5.72. The summed E-state index contributed by atoms with van der Waals surface area (Å²) < 4.78 is 5.72. The summed E-state index contributed by atoms with van der Waals surface area (Å²) in [5.74, 6) is 0. The molecule has 25 heavy (non-hydrogen) atoms. The van der Waals surface area contributed by atoms with Crippen molar-refractivity contribution in [3.05, 3.63) is 24.3 Å². The van der Waals surface area contributed by atoms with Crippen LogP contribution in [0.5, 0.6) is 0 Å². The zero-order valence-corrected chi connectivity index (χ0v) is 17.6. The summed E-state index contributed by atoms with van der Waals surface area (Å²) in [5, 5.41) is 0. The van der Waals surface area contributed by atoms with E-state index in [0.717, 1.165) is 19.6 Å². The summed E-state index contributed by atoms with van der Waals surface area (Å²) in [6, 6.07) is 0.518. The predicted molar refractivity (Wildman–Crippen MR) is 113 cm³/mol. The lowest BCUT2D eigenvalue weighted by atomic mass is 10.1. The highest BCUT2D eigenvalue weighted by Gasteiger charge is 2.03. The van der Waals surface area contributed by atoms with Crippen LogP contribution in [0.15, 0.2) is 24.3 Å². The highest BCUT2D eigenvalue weighted by molar-refractivity contribution is 4.92. The SMILES string of the molecule is CCCCC/C=C\C/C=C\CCCCCCCCOCC(C)N(C)C. The molecule has 0 aliphatic carbocycles. The maximum atomic E-state index is 5.72. The van der Waals surface area contributed by atoms with Crippen LogP contribution in [0.25, 0.3) is 0 Å². The molecule has 0 bridgehead atoms. The number of hydrogen-bond donors (Lipinski definition) is 0. The zero-order valence-electron chi connectivity index (χ0n) is 17.6. The molecule has 0 aromatic rings. The van der Waals surface area contributed by atoms with Crippen LogP contribution in [0, 0.1) is 0 Å². The molecule has 1 atom stereocenters. The first kappa shape index (κ1) is 24.4. The molecule has 0 aliphatic rings. The predicted octanol–water partition coefficient (Wildman–Crippen LogP) is 6.77. The van der Waals surface area contributed by atoms with E-state index in [4.69, 9.17) is 4.74 Å². The molecule has 0 N–H and O–H groups in total. The molecule has 0 heterocycles. The first-order valence-electron chi connectivity index (χ1n) is 10.7. The smallest absolute Gasteiger partial charge is 0.0618 e. The first-order valence-corrected chi connectivity index (χ1v) is 10.7. The van der Waals surface area contributed by atoms with Gasteiger partial charge in [-0.15, -0.1) is 0 Å². The largest absolute Gasteiger partial charge is 0.380 e. The quantitative estimate of drug-likeness (QED) is 0.200. The summed E-state index contributed by atoms with van der Waals surface area (Å²) in [7, 11) is 4.21. The fourth-order valence-corrected chi connectivity index (χ4v) is 2.60. The Hall–Kier alpha value is -0.600. The minimum atomic E-state index is 0.518. The lowest BCUT2D eigenvalue weighted by Gasteiger charge is -2.19. The lowest BCUT2D eigenvalue weighted by molar-refractivity contribution is 0.0832. The maximum Gasteiger partial charge on any atom is 0.0618 e. The van der Waals surface area contributed by atoms with Gasteiger partial charge in [0.1, 0.15) is 0 Å². The van der Waals surface area contributed by atoms with Crippen LogP contribution in [-0.2, 0) is 4.74 Å². The Morgan fingerprint density at radius 1 is 0.760 bits per heavy atom. The van der Waals surface area contributed by atoms with E-state index < -0.39 is 0 Å². The summed E-state index contributed by atoms with van der Waals surface area (Å²) >= 11 is 0. The van der Waals surface area contributed by atoms with Crippen LogP contribution in [0.4, 0.5) is 0 Å². The van der Waals surface area contributed by atoms with Gasteiger partial charge in [0.25, 0.3) is 0 Å². The second-order valence-electron chi connectivity index (χ2n) is 7.47. The van der Waals surface area contributed by atoms with Gasteiger partial charge in [-0.1, -0.05) is 69.8 Å². The van der Waals surface area contributed by atoms with Gasteiger partial charge in [0, 0.05) is 12.6 Å². The van der Waals surface area contributed by atoms with Crippen LogP contribution < -0.4 is 0 Å². The van der Waals surface area contributed by atoms with E-state index >= 15 is 0 Å². The van der Waals surface area contributed by atoms with Crippen molar-refractivity contribution in [2.24, 2.45) is 0 Å². The fraction of sp³-hybridized carbons (Fsp3) is 0.826. The van der Waals surface area contributed by atoms with Gasteiger partial charge in [-0.2, -0.15) is 0 Å². The van der Waals surface area contributed by atoms with Crippen LogP contribution >= 0.6 is 0 Å². The Morgan fingerprint density at radius 3 is 1.92 bits per heavy atom. The van der Waals surface area contributed by atoms with Crippen molar-refractivity contribution < 1.29 is 4.74 Å². The Bertz CT molecular complexity index is 309. The molecule has 0 saturated heterocycles. The monoisotopic (exact) mass is 351 g/mol. The number of hydrogen-bond acceptors (Lipinski definition) is 2. The van der Waals surface area contributed by atoms with Crippen LogP contribution in [-0.4, -0.2) is 38.3 Å². The van der Waals surface area contributed by atoms with E-state index in [2.05, 4.69) is 57.1 Å². The summed E-state index contributed by atoms with van der Waals surface area (Å²) in [5.41, 5.74) is 0. The lowest BCUT2D eigenvalue weighted by Crippen LogP contribution is -2.29. The minimum absolute atomic E-state index is 0.518. The second kappa shape index (κ2) is 19.7. The summed E-state index contributed by atoms with van der Waals surface area (Å²) in [4.78, 5) is 2.21. The molecule has 0 aliphatic heterocycles. The van der Waals surface area contributed by atoms with E-state index in [0.29, 0.717) is 6.04 Å². The molecule has 1 unspecified atom stereocenters. The van der Waals surface area contributed by atoms with E-state index in [-0.39, 0.29) is 0 Å². The number of nitrogens with zero attached hydrogens (tertiary/aromatic N) is 1. The van der Waals surface area contributed by atoms with Crippen molar-refractivity contribution in [1.29, 1.82) is 0 Å². The fourth-order valence-electron chi connectivity index (χ4n) is 2.60. The third kappa shape index (κ3) is 19.6. The molecule has 0 spiro atoms. The van der Waals surface area contributed by atoms with E-state index in [9.17, 15) is 0 Å². The van der Waals surface area contributed by atoms with Gasteiger partial charge in [0.2, 0.25) is 0 Å². The number of rotatable bonds is 18. The Balaban J connectivity index is 3.19. The highest BCUT2D eigenvalue weighted by atomic mass is 16.5. The molecule has 0 fully saturated rings. The van der Waals surface area contributed by atoms with Gasteiger partial charge in [0.05, 0.1) is 6.61 Å². The highest BCUT2D eigenvalue weighted by Crippen LogP contribution is 2.08. The standard InChI is InChI=1S/C23H45NO/c1-5-6-7-8-9-10-11-12-13-14-15-16-17-18-19-20-21-25-22-23(2)24(3)4/h9-10,12-13,23H,5-8,11,14-22H2,1-4H3/b10-9-,13-12-. The number of likely N-dealkylation sites (N-methyl/N-ethyl adjacent to an activating group) is 1. The third-order valence-corrected chi connectivity index (χ3v) is 4.73. The normalized spacial score (nSPS) is 13.5. The topological polar surface area (TPSA) is 12.5 Å². The molecule has 0 aromatic carbocycles. The van der Waals surface area contributed by atoms with Gasteiger partial charge < -0.3 is 9.64 Å². The van der Waals surface area contributed by atoms with Gasteiger partial charge in [-0.05, 0) is 59.5 Å². The molecule has 2 nitrogen and oxygen atoms in total. The van der Waals surface area contributed by atoms with Crippen LogP contribution in [0.3, 0.4) is 0 Å². The van der Waals surface area contributed by atoms with Gasteiger partial charge >= 0.3 is 0 Å². The minimum Gasteiger partial charge on any atom is -0.380 e. The van der Waals surface area contributed by atoms with Crippen LogP contribution in [0.2, 0.25) is 0 Å². The third-order valence-electron chi connectivity index (χ3n) is 4.73. The van der Waals surface area contributed by atoms with Crippen molar-refractivity contribution in [3.8, 4) is 0 Å². The molecular formula is C23H45NO. The van der Waals surface area contributed by atoms with Gasteiger partial charge in [0.15, 0.2) is 0 Å². The molecule has 0 rings (SSSR count). The molecule has 0 saturated carbocycles. The molecule has 148 valence electrons. The first-order chi connectivity index (χ1) is 12.2. The van der Waals surface area contributed by atoms with Crippen molar-refractivity contribution in [1.82, 2.24) is 4.90 Å². The number of allylic oxidation sites excluding steroid dienone is 4. The molecule has 0 aromatic heterocycles. The average molecular weight is 352 g/mol. The van der Waals surface area contributed by atoms with Crippen molar-refractivity contribution in [2.45, 2.75) is 96.9 Å². The van der Waals surface area contributed by atoms with Gasteiger partial charge in [-0.3, -0.25) is 0 Å². The molecule has 0 amide bonds. The summed E-state index contributed by atoms with van der Waals surface area (Å²) in [6.45, 7) is 6.24. The number of unbranched alkanes of at least 4 members (excludes halogenated alkanes) is 9. The molecule has 0 radical (unpaired) electrons. The van der Waals surface area contributed by atoms with Gasteiger partial charge in [-0.25, -0.2) is 0 Å². The Kier molecular flexibility index (Phi) is 19.2. The Morgan fingerprint density at radius 2 is 1.32 bits per heavy atom. The zero-order chi connectivity index (χ0) is 18.6. The van der Waals surface area contributed by atoms with Crippen molar-refractivity contribution >= 4 is 0 Å². The Labute approximate surface area is 158 Å². The second-order valence-corrected chi connectivity index (χ2v) is 7.47. The molecular weight excluding hydrogens is 306 g/mol. The number of ether oxygens (including phenoxy) is 1. The van der Waals surface area contributed by atoms with E-state index in [1.807, 2.05) is 0 Å². The molecule has 2 heteroatoms. The van der Waals surface area contributed by atoms with E-state index in [1.165, 1.54) is 70.6 Å². The van der Waals surface area contributed by atoms with E-state index in [1.54, 1.807) is 0 Å². The summed E-state index contributed by atoms with van der Waals surface area (Å²) in [6.07, 6.45) is 24.9.